The molecule has 8 heteroatoms. The van der Waals surface area contributed by atoms with Gasteiger partial charge in [-0.1, -0.05) is 11.6 Å². The number of morpholine rings is 1. The molecule has 0 amide bonds. The van der Waals surface area contributed by atoms with Gasteiger partial charge in [-0.2, -0.15) is 0 Å². The fraction of sp³-hybridized carbons (Fsp3) is 0.450. The molecule has 0 saturated carbocycles. The Labute approximate surface area is 176 Å². The normalized spacial score (nSPS) is 14.6. The van der Waals surface area contributed by atoms with E-state index in [-0.39, 0.29) is 0 Å². The molecule has 0 spiro atoms. The van der Waals surface area contributed by atoms with Gasteiger partial charge in [-0.25, -0.2) is 0 Å². The molecule has 0 unspecified atom stereocenters. The Kier molecular flexibility index (Phi) is 7.97. The van der Waals surface area contributed by atoms with Crippen LogP contribution in [0.5, 0.6) is 5.75 Å². The number of hydrogen-bond donors (Lipinski definition) is 2. The topological polar surface area (TPSA) is 51.3 Å². The molecule has 2 heterocycles. The van der Waals surface area contributed by atoms with E-state index in [0.717, 1.165) is 57.3 Å². The maximum atomic E-state index is 6.14. The van der Waals surface area contributed by atoms with Crippen molar-refractivity contribution in [1.82, 2.24) is 4.90 Å². The Bertz CT molecular complexity index is 751. The Morgan fingerprint density at radius 2 is 2.14 bits per heavy atom. The fourth-order valence-electron chi connectivity index (χ4n) is 3.25. The van der Waals surface area contributed by atoms with E-state index in [1.165, 1.54) is 0 Å². The second-order valence-corrected chi connectivity index (χ2v) is 7.56. The number of hydrogen-bond acceptors (Lipinski definition) is 4. The van der Waals surface area contributed by atoms with Gasteiger partial charge in [0.2, 0.25) is 0 Å². The maximum absolute atomic E-state index is 6.14. The summed E-state index contributed by atoms with van der Waals surface area (Å²) in [5, 5.41) is 4.53. The summed E-state index contributed by atoms with van der Waals surface area (Å²) in [6, 6.07) is 9.28. The van der Waals surface area contributed by atoms with E-state index >= 15 is 0 Å². The molecule has 2 N–H and O–H groups in total. The lowest BCUT2D eigenvalue weighted by molar-refractivity contribution is -0.908. The molecule has 0 atom stereocenters. The van der Waals surface area contributed by atoms with E-state index in [2.05, 4.69) is 10.2 Å². The van der Waals surface area contributed by atoms with Gasteiger partial charge in [-0.05, 0) is 42.5 Å². The number of methoxy groups -OCH3 is 1. The van der Waals surface area contributed by atoms with Crippen LogP contribution >= 0.6 is 23.8 Å². The number of anilines is 1. The van der Waals surface area contributed by atoms with Crippen molar-refractivity contribution in [2.75, 3.05) is 51.8 Å². The number of ether oxygens (including phenoxy) is 2. The summed E-state index contributed by atoms with van der Waals surface area (Å²) in [4.78, 5) is 3.70. The molecule has 28 heavy (non-hydrogen) atoms. The van der Waals surface area contributed by atoms with Gasteiger partial charge in [-0.15, -0.1) is 0 Å². The summed E-state index contributed by atoms with van der Waals surface area (Å²) >= 11 is 11.8. The quantitative estimate of drug-likeness (QED) is 0.635. The van der Waals surface area contributed by atoms with E-state index in [1.54, 1.807) is 24.3 Å². The molecule has 0 bridgehead atoms. The first-order chi connectivity index (χ1) is 13.7. The zero-order valence-corrected chi connectivity index (χ0v) is 17.7. The highest BCUT2D eigenvalue weighted by atomic mass is 35.5. The van der Waals surface area contributed by atoms with E-state index in [4.69, 9.17) is 37.7 Å². The minimum atomic E-state index is 0.611. The van der Waals surface area contributed by atoms with Crippen molar-refractivity contribution in [2.24, 2.45) is 0 Å². The molecule has 1 fully saturated rings. The molecular weight excluding hydrogens is 398 g/mol. The predicted octanol–water partition coefficient (Wildman–Crippen LogP) is 2.45. The second-order valence-electron chi connectivity index (χ2n) is 6.74. The molecule has 152 valence electrons. The van der Waals surface area contributed by atoms with Gasteiger partial charge >= 0.3 is 0 Å². The van der Waals surface area contributed by atoms with Crippen LogP contribution in [0.4, 0.5) is 5.69 Å². The third-order valence-electron chi connectivity index (χ3n) is 4.78. The lowest BCUT2D eigenvalue weighted by Gasteiger charge is -2.28. The van der Waals surface area contributed by atoms with Crippen molar-refractivity contribution in [2.45, 2.75) is 13.0 Å². The highest BCUT2D eigenvalue weighted by Crippen LogP contribution is 2.28. The molecule has 2 aromatic rings. The zero-order valence-electron chi connectivity index (χ0n) is 16.1. The van der Waals surface area contributed by atoms with Gasteiger partial charge in [0.15, 0.2) is 5.11 Å². The van der Waals surface area contributed by atoms with Crippen molar-refractivity contribution in [3.05, 3.63) is 47.4 Å². The van der Waals surface area contributed by atoms with E-state index in [0.29, 0.717) is 22.4 Å². The van der Waals surface area contributed by atoms with E-state index in [9.17, 15) is 0 Å². The number of rotatable bonds is 8. The lowest BCUT2D eigenvalue weighted by Crippen LogP contribution is -3.14. The smallest absolute Gasteiger partial charge is 0.173 e. The van der Waals surface area contributed by atoms with Crippen LogP contribution in [0.25, 0.3) is 0 Å². The summed E-state index contributed by atoms with van der Waals surface area (Å²) in [6.45, 7) is 6.38. The summed E-state index contributed by atoms with van der Waals surface area (Å²) in [7, 11) is 1.63. The van der Waals surface area contributed by atoms with Gasteiger partial charge in [0.25, 0.3) is 0 Å². The number of nitrogens with one attached hydrogen (secondary N) is 2. The Balaban J connectivity index is 1.63. The van der Waals surface area contributed by atoms with Gasteiger partial charge in [0.05, 0.1) is 45.4 Å². The maximum Gasteiger partial charge on any atom is 0.173 e. The standard InChI is InChI=1S/C20H26ClN3O3S/c1-25-19-6-5-16(21)14-18(19)22-20(28)24(15-17-4-2-11-27-17)8-3-7-23-9-12-26-13-10-23/h2,4-6,11,14H,3,7-10,12-13,15H2,1H3,(H,22,28)/p+1. The van der Waals surface area contributed by atoms with Gasteiger partial charge in [-0.3, -0.25) is 0 Å². The minimum absolute atomic E-state index is 0.611. The fourth-order valence-corrected chi connectivity index (χ4v) is 3.68. The monoisotopic (exact) mass is 424 g/mol. The molecule has 1 aromatic heterocycles. The van der Waals surface area contributed by atoms with E-state index in [1.807, 2.05) is 24.3 Å². The second kappa shape index (κ2) is 10.7. The lowest BCUT2D eigenvalue weighted by atomic mass is 10.3. The number of thiocarbonyl (C=S) groups is 1. The van der Waals surface area contributed by atoms with Crippen LogP contribution in [0.3, 0.4) is 0 Å². The molecule has 1 saturated heterocycles. The Morgan fingerprint density at radius 1 is 1.32 bits per heavy atom. The highest BCUT2D eigenvalue weighted by Gasteiger charge is 2.17. The van der Waals surface area contributed by atoms with Crippen LogP contribution in [0.2, 0.25) is 5.02 Å². The van der Waals surface area contributed by atoms with Crippen LogP contribution < -0.4 is 15.0 Å². The molecule has 1 aliphatic heterocycles. The molecule has 0 radical (unpaired) electrons. The first kappa shape index (κ1) is 20.9. The van der Waals surface area contributed by atoms with Crippen molar-refractivity contribution in [3.63, 3.8) is 0 Å². The van der Waals surface area contributed by atoms with Crippen molar-refractivity contribution >= 4 is 34.6 Å². The average molecular weight is 425 g/mol. The van der Waals surface area contributed by atoms with Crippen LogP contribution in [0, 0.1) is 0 Å². The molecule has 0 aliphatic carbocycles. The van der Waals surface area contributed by atoms with E-state index < -0.39 is 0 Å². The van der Waals surface area contributed by atoms with Crippen LogP contribution in [0.1, 0.15) is 12.2 Å². The van der Waals surface area contributed by atoms with Crippen molar-refractivity contribution in [3.8, 4) is 5.75 Å². The number of furan rings is 1. The van der Waals surface area contributed by atoms with Crippen LogP contribution in [0.15, 0.2) is 41.0 Å². The summed E-state index contributed by atoms with van der Waals surface area (Å²) < 4.78 is 16.4. The van der Waals surface area contributed by atoms with Crippen molar-refractivity contribution < 1.29 is 18.8 Å². The van der Waals surface area contributed by atoms with Crippen LogP contribution in [-0.4, -0.2) is 56.5 Å². The summed E-state index contributed by atoms with van der Waals surface area (Å²) in [5.41, 5.74) is 0.753. The van der Waals surface area contributed by atoms with Gasteiger partial charge in [0.1, 0.15) is 24.6 Å². The predicted molar refractivity (Wildman–Crippen MR) is 114 cm³/mol. The van der Waals surface area contributed by atoms with Crippen molar-refractivity contribution in [1.29, 1.82) is 0 Å². The number of nitrogens with zero attached hydrogens (tertiary/aromatic N) is 1. The van der Waals surface area contributed by atoms with Crippen LogP contribution in [-0.2, 0) is 11.3 Å². The average Bonchev–Trinajstić information content (AvgIpc) is 3.21. The molecule has 1 aromatic carbocycles. The summed E-state index contributed by atoms with van der Waals surface area (Å²) in [5.74, 6) is 1.57. The Morgan fingerprint density at radius 3 is 2.86 bits per heavy atom. The van der Waals surface area contributed by atoms with Gasteiger partial charge < -0.3 is 29.0 Å². The largest absolute Gasteiger partial charge is 0.495 e. The number of benzene rings is 1. The zero-order chi connectivity index (χ0) is 19.8. The number of quaternary nitrogens is 1. The first-order valence-corrected chi connectivity index (χ1v) is 10.3. The first-order valence-electron chi connectivity index (χ1n) is 9.49. The third-order valence-corrected chi connectivity index (χ3v) is 5.37. The Hall–Kier alpha value is -1.80. The molecule has 6 nitrogen and oxygen atoms in total. The molecule has 1 aliphatic rings. The SMILES string of the molecule is COc1ccc(Cl)cc1NC(=S)N(CCC[NH+]1CCOCC1)Cc1ccco1. The third kappa shape index (κ3) is 6.10. The summed E-state index contributed by atoms with van der Waals surface area (Å²) in [6.07, 6.45) is 2.71. The minimum Gasteiger partial charge on any atom is -0.495 e. The van der Waals surface area contributed by atoms with Gasteiger partial charge in [0, 0.05) is 18.0 Å². The number of halogens is 1. The molecular formula is C20H27ClN3O3S+. The highest BCUT2D eigenvalue weighted by molar-refractivity contribution is 7.80. The molecule has 3 rings (SSSR count).